The molecule has 0 bridgehead atoms. The summed E-state index contributed by atoms with van der Waals surface area (Å²) in [6.07, 6.45) is 5.67. The van der Waals surface area contributed by atoms with E-state index in [4.69, 9.17) is 0 Å². The molecule has 3 nitrogen and oxygen atoms in total. The van der Waals surface area contributed by atoms with Crippen LogP contribution in [-0.4, -0.2) is 14.5 Å². The highest BCUT2D eigenvalue weighted by Gasteiger charge is 2.03. The molecule has 16 heavy (non-hydrogen) atoms. The Morgan fingerprint density at radius 2 is 1.94 bits per heavy atom. The Bertz CT molecular complexity index is 521. The molecular weight excluding hydrogens is 218 g/mol. The highest BCUT2D eigenvalue weighted by molar-refractivity contribution is 7.13. The summed E-state index contributed by atoms with van der Waals surface area (Å²) in [5.74, 6) is 0.705. The molecule has 4 heteroatoms. The first kappa shape index (κ1) is 9.30. The minimum absolute atomic E-state index is 0.705. The Morgan fingerprint density at radius 3 is 2.69 bits per heavy atom. The van der Waals surface area contributed by atoms with Gasteiger partial charge in [-0.25, -0.2) is 9.97 Å². The first-order chi connectivity index (χ1) is 7.93. The topological polar surface area (TPSA) is 30.7 Å². The molecule has 0 N–H and O–H groups in total. The van der Waals surface area contributed by atoms with Crippen molar-refractivity contribution in [1.29, 1.82) is 0 Å². The van der Waals surface area contributed by atoms with Gasteiger partial charge >= 0.3 is 0 Å². The first-order valence-corrected chi connectivity index (χ1v) is 5.82. The van der Waals surface area contributed by atoms with Crippen LogP contribution in [0.2, 0.25) is 0 Å². The summed E-state index contributed by atoms with van der Waals surface area (Å²) in [6, 6.07) is 9.94. The van der Waals surface area contributed by atoms with Gasteiger partial charge in [-0.2, -0.15) is 0 Å². The molecular formula is C12H9N3S. The van der Waals surface area contributed by atoms with Gasteiger partial charge in [-0.15, -0.1) is 11.3 Å². The van der Waals surface area contributed by atoms with Crippen molar-refractivity contribution >= 4 is 11.3 Å². The van der Waals surface area contributed by atoms with Gasteiger partial charge in [0, 0.05) is 18.6 Å². The van der Waals surface area contributed by atoms with E-state index in [2.05, 4.69) is 16.0 Å². The largest absolute Gasteiger partial charge is 0.293 e. The molecule has 0 saturated heterocycles. The predicted molar refractivity (Wildman–Crippen MR) is 64.7 cm³/mol. The quantitative estimate of drug-likeness (QED) is 0.673. The molecule has 0 saturated carbocycles. The summed E-state index contributed by atoms with van der Waals surface area (Å²) in [6.45, 7) is 0. The maximum Gasteiger partial charge on any atom is 0.234 e. The monoisotopic (exact) mass is 227 g/mol. The van der Waals surface area contributed by atoms with Gasteiger partial charge in [0.25, 0.3) is 0 Å². The van der Waals surface area contributed by atoms with E-state index in [-0.39, 0.29) is 0 Å². The zero-order valence-electron chi connectivity index (χ0n) is 8.45. The molecule has 0 aliphatic carbocycles. The van der Waals surface area contributed by atoms with Crippen molar-refractivity contribution in [3.8, 4) is 16.5 Å². The van der Waals surface area contributed by atoms with Crippen molar-refractivity contribution in [1.82, 2.24) is 14.5 Å². The van der Waals surface area contributed by atoms with Gasteiger partial charge in [0.05, 0.1) is 10.6 Å². The average Bonchev–Trinajstić information content (AvgIpc) is 3.03. The van der Waals surface area contributed by atoms with Crippen LogP contribution in [0.4, 0.5) is 0 Å². The summed E-state index contributed by atoms with van der Waals surface area (Å²) in [5.41, 5.74) is 0.966. The van der Waals surface area contributed by atoms with Gasteiger partial charge in [0.1, 0.15) is 0 Å². The lowest BCUT2D eigenvalue weighted by molar-refractivity contribution is 0.939. The van der Waals surface area contributed by atoms with E-state index in [0.29, 0.717) is 5.95 Å². The average molecular weight is 227 g/mol. The summed E-state index contributed by atoms with van der Waals surface area (Å²) in [5, 5.41) is 2.05. The third-order valence-electron chi connectivity index (χ3n) is 2.25. The molecule has 0 aliphatic rings. The second-order valence-electron chi connectivity index (χ2n) is 3.31. The van der Waals surface area contributed by atoms with Crippen molar-refractivity contribution in [3.63, 3.8) is 0 Å². The fraction of sp³-hybridized carbons (Fsp3) is 0. The second kappa shape index (κ2) is 3.90. The van der Waals surface area contributed by atoms with Crippen LogP contribution in [0.3, 0.4) is 0 Å². The maximum absolute atomic E-state index is 4.52. The summed E-state index contributed by atoms with van der Waals surface area (Å²) >= 11 is 1.68. The second-order valence-corrected chi connectivity index (χ2v) is 4.26. The highest BCUT2D eigenvalue weighted by atomic mass is 32.1. The lowest BCUT2D eigenvalue weighted by Crippen LogP contribution is -1.98. The van der Waals surface area contributed by atoms with Crippen molar-refractivity contribution in [2.75, 3.05) is 0 Å². The summed E-state index contributed by atoms with van der Waals surface area (Å²) in [7, 11) is 0. The lowest BCUT2D eigenvalue weighted by Gasteiger charge is -2.02. The molecule has 0 unspecified atom stereocenters. The molecule has 0 atom stereocenters. The molecule has 3 aromatic rings. The number of aromatic nitrogens is 3. The van der Waals surface area contributed by atoms with E-state index in [0.717, 1.165) is 10.6 Å². The first-order valence-electron chi connectivity index (χ1n) is 4.94. The molecule has 0 fully saturated rings. The number of hydrogen-bond donors (Lipinski definition) is 0. The van der Waals surface area contributed by atoms with Crippen molar-refractivity contribution in [2.45, 2.75) is 0 Å². The molecule has 3 aromatic heterocycles. The molecule has 3 rings (SSSR count). The van der Waals surface area contributed by atoms with Crippen LogP contribution < -0.4 is 0 Å². The van der Waals surface area contributed by atoms with E-state index in [9.17, 15) is 0 Å². The normalized spacial score (nSPS) is 10.5. The van der Waals surface area contributed by atoms with E-state index >= 15 is 0 Å². The smallest absolute Gasteiger partial charge is 0.234 e. The number of hydrogen-bond acceptors (Lipinski definition) is 3. The molecule has 0 spiro atoms. The van der Waals surface area contributed by atoms with Crippen LogP contribution in [0.1, 0.15) is 0 Å². The fourth-order valence-corrected chi connectivity index (χ4v) is 2.20. The third-order valence-corrected chi connectivity index (χ3v) is 3.14. The van der Waals surface area contributed by atoms with Crippen LogP contribution in [0.5, 0.6) is 0 Å². The number of nitrogens with zero attached hydrogens (tertiary/aromatic N) is 3. The Kier molecular flexibility index (Phi) is 2.27. The van der Waals surface area contributed by atoms with Gasteiger partial charge in [0.2, 0.25) is 5.95 Å². The molecule has 0 radical (unpaired) electrons. The highest BCUT2D eigenvalue weighted by Crippen LogP contribution is 2.22. The van der Waals surface area contributed by atoms with Crippen molar-refractivity contribution < 1.29 is 0 Å². The van der Waals surface area contributed by atoms with Crippen LogP contribution in [0.15, 0.2) is 54.3 Å². The van der Waals surface area contributed by atoms with E-state index in [1.807, 2.05) is 46.6 Å². The van der Waals surface area contributed by atoms with Crippen LogP contribution in [-0.2, 0) is 0 Å². The Balaban J connectivity index is 2.07. The Hall–Kier alpha value is -1.94. The van der Waals surface area contributed by atoms with E-state index < -0.39 is 0 Å². The summed E-state index contributed by atoms with van der Waals surface area (Å²) < 4.78 is 1.90. The van der Waals surface area contributed by atoms with Crippen molar-refractivity contribution in [2.24, 2.45) is 0 Å². The number of rotatable bonds is 2. The molecule has 3 heterocycles. The van der Waals surface area contributed by atoms with Gasteiger partial charge in [0.15, 0.2) is 0 Å². The van der Waals surface area contributed by atoms with Crippen LogP contribution >= 0.6 is 11.3 Å². The zero-order chi connectivity index (χ0) is 10.8. The molecule has 0 aliphatic heterocycles. The SMILES string of the molecule is c1csc(-c2ccnc(-n3cccc3)n2)c1. The predicted octanol–water partition coefficient (Wildman–Crippen LogP) is 3.00. The minimum Gasteiger partial charge on any atom is -0.293 e. The fourth-order valence-electron chi connectivity index (χ4n) is 1.50. The zero-order valence-corrected chi connectivity index (χ0v) is 9.26. The summed E-state index contributed by atoms with van der Waals surface area (Å²) in [4.78, 5) is 9.93. The molecule has 78 valence electrons. The molecule has 0 amide bonds. The number of thiophene rings is 1. The van der Waals surface area contributed by atoms with Crippen LogP contribution in [0.25, 0.3) is 16.5 Å². The van der Waals surface area contributed by atoms with Gasteiger partial charge in [-0.1, -0.05) is 6.07 Å². The van der Waals surface area contributed by atoms with Crippen molar-refractivity contribution in [3.05, 3.63) is 54.3 Å². The van der Waals surface area contributed by atoms with Gasteiger partial charge in [-0.3, -0.25) is 4.57 Å². The minimum atomic E-state index is 0.705. The Labute approximate surface area is 97.0 Å². The van der Waals surface area contributed by atoms with E-state index in [1.54, 1.807) is 17.5 Å². The Morgan fingerprint density at radius 1 is 1.06 bits per heavy atom. The standard InChI is InChI=1S/C12H9N3S/c1-2-8-15(7-1)12-13-6-5-10(14-12)11-4-3-9-16-11/h1-9H. The molecule has 0 aromatic carbocycles. The van der Waals surface area contributed by atoms with Gasteiger partial charge < -0.3 is 0 Å². The van der Waals surface area contributed by atoms with E-state index in [1.165, 1.54) is 0 Å². The maximum atomic E-state index is 4.52. The van der Waals surface area contributed by atoms with Crippen LogP contribution in [0, 0.1) is 0 Å². The van der Waals surface area contributed by atoms with Gasteiger partial charge in [-0.05, 0) is 29.6 Å². The third kappa shape index (κ3) is 1.63. The lowest BCUT2D eigenvalue weighted by atomic mass is 10.3.